The van der Waals surface area contributed by atoms with Crippen LogP contribution in [0.25, 0.3) is 0 Å². The fourth-order valence-corrected chi connectivity index (χ4v) is 3.66. The highest BCUT2D eigenvalue weighted by atomic mass is 15.2. The molecule has 1 fully saturated rings. The number of hydrogen-bond acceptors (Lipinski definition) is 1. The molecule has 1 aromatic carbocycles. The van der Waals surface area contributed by atoms with E-state index in [2.05, 4.69) is 43.6 Å². The molecular weight excluding hydrogens is 230 g/mol. The zero-order valence-electron chi connectivity index (χ0n) is 12.9. The average Bonchev–Trinajstić information content (AvgIpc) is 2.65. The molecule has 2 aliphatic rings. The first-order chi connectivity index (χ1) is 9.15. The van der Waals surface area contributed by atoms with Gasteiger partial charge in [-0.2, -0.15) is 0 Å². The van der Waals surface area contributed by atoms with Crippen LogP contribution >= 0.6 is 0 Å². The quantitative estimate of drug-likeness (QED) is 0.618. The summed E-state index contributed by atoms with van der Waals surface area (Å²) in [5.41, 5.74) is 5.86. The number of nitrogens with zero attached hydrogens (tertiary/aromatic N) is 1. The average molecular weight is 257 g/mol. The van der Waals surface area contributed by atoms with E-state index in [-0.39, 0.29) is 5.41 Å². The van der Waals surface area contributed by atoms with Crippen LogP contribution in [0, 0.1) is 6.92 Å². The van der Waals surface area contributed by atoms with E-state index in [0.29, 0.717) is 0 Å². The van der Waals surface area contributed by atoms with Gasteiger partial charge in [0.1, 0.15) is 0 Å². The summed E-state index contributed by atoms with van der Waals surface area (Å²) in [6.07, 6.45) is 6.65. The summed E-state index contributed by atoms with van der Waals surface area (Å²) in [7, 11) is 2.17. The molecule has 1 spiro atoms. The Morgan fingerprint density at radius 1 is 1.11 bits per heavy atom. The minimum Gasteiger partial charge on any atom is -0.348 e. The van der Waals surface area contributed by atoms with E-state index in [1.165, 1.54) is 54.6 Å². The molecule has 1 nitrogen and oxygen atoms in total. The van der Waals surface area contributed by atoms with Gasteiger partial charge in [-0.25, -0.2) is 0 Å². The zero-order valence-corrected chi connectivity index (χ0v) is 12.9. The zero-order chi connectivity index (χ0) is 14.0. The lowest BCUT2D eigenvalue weighted by Crippen LogP contribution is -2.31. The first kappa shape index (κ1) is 14.2. The minimum atomic E-state index is 0.258. The van der Waals surface area contributed by atoms with Crippen LogP contribution in [-0.4, -0.2) is 7.05 Å². The van der Waals surface area contributed by atoms with Crippen molar-refractivity contribution >= 4 is 5.69 Å². The lowest BCUT2D eigenvalue weighted by molar-refractivity contribution is 0.347. The van der Waals surface area contributed by atoms with E-state index in [1.807, 2.05) is 13.8 Å². The van der Waals surface area contributed by atoms with Crippen LogP contribution < -0.4 is 4.90 Å². The summed E-state index contributed by atoms with van der Waals surface area (Å²) in [6.45, 7) is 10.6. The first-order valence-corrected chi connectivity index (χ1v) is 7.69. The van der Waals surface area contributed by atoms with Crippen LogP contribution in [0.1, 0.15) is 57.1 Å². The van der Waals surface area contributed by atoms with Crippen molar-refractivity contribution in [1.29, 1.82) is 0 Å². The highest BCUT2D eigenvalue weighted by molar-refractivity contribution is 5.70. The molecule has 0 saturated heterocycles. The first-order valence-electron chi connectivity index (χ1n) is 7.69. The third-order valence-corrected chi connectivity index (χ3v) is 4.69. The van der Waals surface area contributed by atoms with Crippen molar-refractivity contribution in [3.63, 3.8) is 0 Å². The van der Waals surface area contributed by atoms with Gasteiger partial charge in [-0.1, -0.05) is 57.4 Å². The Balaban J connectivity index is 0.000000637. The van der Waals surface area contributed by atoms with E-state index in [0.717, 1.165) is 0 Å². The second-order valence-corrected chi connectivity index (χ2v) is 5.67. The molecule has 19 heavy (non-hydrogen) atoms. The van der Waals surface area contributed by atoms with E-state index in [1.54, 1.807) is 0 Å². The van der Waals surface area contributed by atoms with Gasteiger partial charge in [0.2, 0.25) is 0 Å². The molecule has 0 N–H and O–H groups in total. The number of likely N-dealkylation sites (N-methyl/N-ethyl adjacent to an activating group) is 1. The van der Waals surface area contributed by atoms with Crippen molar-refractivity contribution in [3.8, 4) is 0 Å². The van der Waals surface area contributed by atoms with Crippen molar-refractivity contribution in [1.82, 2.24) is 0 Å². The number of benzene rings is 1. The van der Waals surface area contributed by atoms with Gasteiger partial charge < -0.3 is 4.90 Å². The number of hydrogen-bond donors (Lipinski definition) is 0. The predicted molar refractivity (Wildman–Crippen MR) is 84.8 cm³/mol. The van der Waals surface area contributed by atoms with Crippen LogP contribution in [0.5, 0.6) is 0 Å². The molecule has 1 aliphatic heterocycles. The summed E-state index contributed by atoms with van der Waals surface area (Å²) in [4.78, 5) is 2.31. The molecule has 1 aliphatic carbocycles. The molecule has 0 bridgehead atoms. The highest BCUT2D eigenvalue weighted by Gasteiger charge is 2.45. The van der Waals surface area contributed by atoms with Crippen molar-refractivity contribution in [2.45, 2.75) is 58.3 Å². The van der Waals surface area contributed by atoms with Crippen LogP contribution in [0.2, 0.25) is 0 Å². The van der Waals surface area contributed by atoms with Crippen LogP contribution in [0.4, 0.5) is 5.69 Å². The molecule has 0 radical (unpaired) electrons. The van der Waals surface area contributed by atoms with E-state index < -0.39 is 0 Å². The largest absolute Gasteiger partial charge is 0.348 e. The third kappa shape index (κ3) is 2.09. The van der Waals surface area contributed by atoms with Gasteiger partial charge in [0.05, 0.1) is 0 Å². The van der Waals surface area contributed by atoms with E-state index in [4.69, 9.17) is 0 Å². The van der Waals surface area contributed by atoms with Gasteiger partial charge in [0, 0.05) is 23.8 Å². The topological polar surface area (TPSA) is 3.24 Å². The standard InChI is InChI=1S/C16H21N.C2H6/c1-12-7-8-15-14(11-12)16(13(2)17(15)3)9-5-4-6-10-16;1-2/h7-8,11H,2,4-6,9-10H2,1,3H3;1-2H3. The molecule has 0 unspecified atom stereocenters. The number of anilines is 1. The summed E-state index contributed by atoms with van der Waals surface area (Å²) >= 11 is 0. The summed E-state index contributed by atoms with van der Waals surface area (Å²) in [6, 6.07) is 6.86. The van der Waals surface area contributed by atoms with Gasteiger partial charge in [-0.05, 0) is 31.4 Å². The molecular formula is C18H27N. The van der Waals surface area contributed by atoms with E-state index in [9.17, 15) is 0 Å². The summed E-state index contributed by atoms with van der Waals surface area (Å²) < 4.78 is 0. The SMILES string of the molecule is C=C1N(C)c2ccc(C)cc2C12CCCCC2.CC. The fraction of sp³-hybridized carbons (Fsp3) is 0.556. The van der Waals surface area contributed by atoms with Gasteiger partial charge in [-0.3, -0.25) is 0 Å². The lowest BCUT2D eigenvalue weighted by atomic mass is 9.69. The molecule has 0 atom stereocenters. The molecule has 1 heteroatoms. The maximum Gasteiger partial charge on any atom is 0.0448 e. The third-order valence-electron chi connectivity index (χ3n) is 4.69. The maximum absolute atomic E-state index is 4.38. The van der Waals surface area contributed by atoms with Gasteiger partial charge in [-0.15, -0.1) is 0 Å². The van der Waals surface area contributed by atoms with Gasteiger partial charge in [0.15, 0.2) is 0 Å². The monoisotopic (exact) mass is 257 g/mol. The summed E-state index contributed by atoms with van der Waals surface area (Å²) in [5.74, 6) is 0. The molecule has 0 amide bonds. The molecule has 1 heterocycles. The smallest absolute Gasteiger partial charge is 0.0448 e. The molecule has 3 rings (SSSR count). The molecule has 0 aromatic heterocycles. The second kappa shape index (κ2) is 5.40. The van der Waals surface area contributed by atoms with Crippen molar-refractivity contribution in [2.75, 3.05) is 11.9 Å². The Labute approximate surface area is 118 Å². The predicted octanol–water partition coefficient (Wildman–Crippen LogP) is 5.19. The van der Waals surface area contributed by atoms with Crippen LogP contribution in [-0.2, 0) is 5.41 Å². The minimum absolute atomic E-state index is 0.258. The Bertz CT molecular complexity index is 467. The number of aryl methyl sites for hydroxylation is 1. The normalized spacial score (nSPS) is 20.0. The van der Waals surface area contributed by atoms with Crippen molar-refractivity contribution in [3.05, 3.63) is 41.6 Å². The molecule has 1 aromatic rings. The number of rotatable bonds is 0. The van der Waals surface area contributed by atoms with Crippen LogP contribution in [0.15, 0.2) is 30.5 Å². The number of allylic oxidation sites excluding steroid dienone is 1. The van der Waals surface area contributed by atoms with Gasteiger partial charge in [0.25, 0.3) is 0 Å². The second-order valence-electron chi connectivity index (χ2n) is 5.67. The van der Waals surface area contributed by atoms with Crippen molar-refractivity contribution in [2.24, 2.45) is 0 Å². The summed E-state index contributed by atoms with van der Waals surface area (Å²) in [5, 5.41) is 0. The van der Waals surface area contributed by atoms with E-state index >= 15 is 0 Å². The fourth-order valence-electron chi connectivity index (χ4n) is 3.66. The molecule has 104 valence electrons. The van der Waals surface area contributed by atoms with Crippen molar-refractivity contribution < 1.29 is 0 Å². The Hall–Kier alpha value is -1.24. The number of fused-ring (bicyclic) bond motifs is 2. The van der Waals surface area contributed by atoms with Crippen LogP contribution in [0.3, 0.4) is 0 Å². The maximum atomic E-state index is 4.38. The Morgan fingerprint density at radius 3 is 2.37 bits per heavy atom. The Kier molecular flexibility index (Phi) is 4.03. The Morgan fingerprint density at radius 2 is 1.74 bits per heavy atom. The lowest BCUT2D eigenvalue weighted by Gasteiger charge is -2.35. The highest BCUT2D eigenvalue weighted by Crippen LogP contribution is 2.54. The van der Waals surface area contributed by atoms with Gasteiger partial charge >= 0.3 is 0 Å². The molecule has 1 saturated carbocycles.